The number of fused-ring (bicyclic) bond motifs is 6. The lowest BCUT2D eigenvalue weighted by Gasteiger charge is -2.13. The van der Waals surface area contributed by atoms with Crippen LogP contribution in [-0.2, 0) is 0 Å². The van der Waals surface area contributed by atoms with Crippen molar-refractivity contribution in [3.05, 3.63) is 130 Å². The summed E-state index contributed by atoms with van der Waals surface area (Å²) in [5.41, 5.74) is 3.41. The van der Waals surface area contributed by atoms with Gasteiger partial charge in [0.2, 0.25) is 0 Å². The predicted molar refractivity (Wildman–Crippen MR) is 191 cm³/mol. The number of nitrogens with zero attached hydrogens (tertiary/aromatic N) is 8. The summed E-state index contributed by atoms with van der Waals surface area (Å²) in [6.45, 7) is 0. The fourth-order valence-electron chi connectivity index (χ4n) is 5.33. The van der Waals surface area contributed by atoms with Gasteiger partial charge in [-0.2, -0.15) is 0 Å². The van der Waals surface area contributed by atoms with Crippen molar-refractivity contribution in [3.8, 4) is 11.4 Å². The van der Waals surface area contributed by atoms with Crippen LogP contribution < -0.4 is 11.1 Å². The van der Waals surface area contributed by atoms with Crippen molar-refractivity contribution in [2.75, 3.05) is 0 Å². The van der Waals surface area contributed by atoms with Crippen LogP contribution >= 0.6 is 46.2 Å². The summed E-state index contributed by atoms with van der Waals surface area (Å²) >= 11 is 5.37. The molecule has 3 aromatic carbocycles. The molecule has 0 aliphatic heterocycles. The Bertz CT molecular complexity index is 2590. The summed E-state index contributed by atoms with van der Waals surface area (Å²) in [5, 5.41) is 1.03. The first-order chi connectivity index (χ1) is 23.6. The van der Waals surface area contributed by atoms with Crippen molar-refractivity contribution >= 4 is 87.3 Å². The van der Waals surface area contributed by atoms with Gasteiger partial charge in [0.05, 0.1) is 11.4 Å². The van der Waals surface area contributed by atoms with E-state index in [1.807, 2.05) is 84.9 Å². The molecule has 0 unspecified atom stereocenters. The average molecular weight is 699 g/mol. The molecular weight excluding hydrogens is 681 g/mol. The summed E-state index contributed by atoms with van der Waals surface area (Å²) in [7, 11) is 0. The van der Waals surface area contributed by atoms with Crippen LogP contribution in [0.5, 0.6) is 0 Å². The molecule has 0 amide bonds. The fraction of sp³-hybridized carbons (Fsp3) is 0. The second-order valence-corrected chi connectivity index (χ2v) is 14.5. The number of thiophene rings is 2. The maximum absolute atomic E-state index is 13.9. The van der Waals surface area contributed by atoms with Gasteiger partial charge < -0.3 is 0 Å². The van der Waals surface area contributed by atoms with Crippen LogP contribution in [0, 0.1) is 0 Å². The van der Waals surface area contributed by atoms with E-state index in [1.54, 1.807) is 33.9 Å². The lowest BCUT2D eigenvalue weighted by molar-refractivity contribution is 0.822. The van der Waals surface area contributed by atoms with Gasteiger partial charge in [0.15, 0.2) is 10.3 Å². The number of aromatic nitrogens is 8. The first-order valence-electron chi connectivity index (χ1n) is 14.5. The molecule has 6 heterocycles. The average Bonchev–Trinajstić information content (AvgIpc) is 3.69. The third-order valence-corrected chi connectivity index (χ3v) is 11.5. The fourth-order valence-corrected chi connectivity index (χ4v) is 9.07. The zero-order chi connectivity index (χ0) is 32.2. The molecule has 0 radical (unpaired) electrons. The highest BCUT2D eigenvalue weighted by Crippen LogP contribution is 2.36. The van der Waals surface area contributed by atoms with E-state index in [9.17, 15) is 9.59 Å². The van der Waals surface area contributed by atoms with Crippen LogP contribution in [0.25, 0.3) is 52.5 Å². The van der Waals surface area contributed by atoms with Crippen LogP contribution in [0.4, 0.5) is 0 Å². The number of hydrogen-bond donors (Lipinski definition) is 0. The minimum absolute atomic E-state index is 0.170. The third-order valence-electron chi connectivity index (χ3n) is 7.47. The topological polar surface area (TPSA) is 121 Å². The molecule has 9 rings (SSSR count). The number of rotatable bonds is 6. The van der Waals surface area contributed by atoms with Crippen molar-refractivity contribution in [3.63, 3.8) is 0 Å². The first kappa shape index (κ1) is 28.9. The van der Waals surface area contributed by atoms with E-state index in [4.69, 9.17) is 9.97 Å². The molecule has 9 aromatic rings. The van der Waals surface area contributed by atoms with E-state index >= 15 is 0 Å². The Morgan fingerprint density at radius 2 is 0.875 bits per heavy atom. The SMILES string of the molecule is O=c1c2sc3nccnc3c2nc(Sc2ccc(Sc3nc4c(sc5nccnc54)c(=O)n3-c3ccccc3)cc2)n1-c1ccccc1. The molecular formula is C34H18N8O2S4. The third kappa shape index (κ3) is 4.88. The highest BCUT2D eigenvalue weighted by Gasteiger charge is 2.21. The Kier molecular flexibility index (Phi) is 7.08. The highest BCUT2D eigenvalue weighted by molar-refractivity contribution is 7.99. The molecule has 14 heteroatoms. The monoisotopic (exact) mass is 698 g/mol. The van der Waals surface area contributed by atoms with E-state index in [-0.39, 0.29) is 11.1 Å². The van der Waals surface area contributed by atoms with Gasteiger partial charge in [0.1, 0.15) is 41.1 Å². The van der Waals surface area contributed by atoms with E-state index in [2.05, 4.69) is 19.9 Å². The highest BCUT2D eigenvalue weighted by atomic mass is 32.2. The Morgan fingerprint density at radius 3 is 1.29 bits per heavy atom. The normalized spacial score (nSPS) is 11.7. The van der Waals surface area contributed by atoms with Crippen molar-refractivity contribution in [2.45, 2.75) is 20.1 Å². The Hall–Kier alpha value is -5.28. The van der Waals surface area contributed by atoms with Crippen LogP contribution in [-0.4, -0.2) is 39.0 Å². The zero-order valence-corrected chi connectivity index (χ0v) is 27.7. The predicted octanol–water partition coefficient (Wildman–Crippen LogP) is 7.40. The van der Waals surface area contributed by atoms with Gasteiger partial charge in [0, 0.05) is 34.6 Å². The van der Waals surface area contributed by atoms with E-state index < -0.39 is 0 Å². The van der Waals surface area contributed by atoms with Crippen LogP contribution in [0.15, 0.2) is 139 Å². The van der Waals surface area contributed by atoms with Gasteiger partial charge in [0.25, 0.3) is 11.1 Å². The molecule has 10 nitrogen and oxygen atoms in total. The quantitative estimate of drug-likeness (QED) is 0.163. The Morgan fingerprint density at radius 1 is 0.479 bits per heavy atom. The summed E-state index contributed by atoms with van der Waals surface area (Å²) in [5.74, 6) is 0. The van der Waals surface area contributed by atoms with Crippen LogP contribution in [0.1, 0.15) is 0 Å². The van der Waals surface area contributed by atoms with Crippen molar-refractivity contribution < 1.29 is 0 Å². The standard InChI is InChI=1S/C34H18N8O2S4/c43-31-27-23(25-29(47-27)37-17-15-35-25)39-33(41(31)19-7-3-1-4-8-19)45-21-11-13-22(14-12-21)46-34-40-24-26-30(38-18-16-36-26)48-28(24)32(44)42(34)20-9-5-2-6-10-20/h1-18H. The molecule has 6 aromatic heterocycles. The maximum atomic E-state index is 13.9. The van der Waals surface area contributed by atoms with Gasteiger partial charge in [-0.05, 0) is 48.5 Å². The Balaban J connectivity index is 1.12. The molecule has 0 atom stereocenters. The van der Waals surface area contributed by atoms with E-state index in [1.165, 1.54) is 46.2 Å². The summed E-state index contributed by atoms with van der Waals surface area (Å²) in [6.07, 6.45) is 6.46. The molecule has 0 bridgehead atoms. The van der Waals surface area contributed by atoms with Crippen molar-refractivity contribution in [1.29, 1.82) is 0 Å². The smallest absolute Gasteiger partial charge is 0.267 e. The molecule has 0 saturated heterocycles. The summed E-state index contributed by atoms with van der Waals surface area (Å²) in [4.78, 5) is 58.6. The minimum Gasteiger partial charge on any atom is -0.267 e. The molecule has 230 valence electrons. The van der Waals surface area contributed by atoms with Crippen LogP contribution in [0.2, 0.25) is 0 Å². The summed E-state index contributed by atoms with van der Waals surface area (Å²) < 4.78 is 4.29. The number of benzene rings is 3. The van der Waals surface area contributed by atoms with Gasteiger partial charge in [-0.3, -0.25) is 18.7 Å². The van der Waals surface area contributed by atoms with Crippen molar-refractivity contribution in [1.82, 2.24) is 39.0 Å². The molecule has 0 spiro atoms. The molecule has 0 saturated carbocycles. The van der Waals surface area contributed by atoms with Gasteiger partial charge in [-0.25, -0.2) is 29.9 Å². The lowest BCUT2D eigenvalue weighted by atomic mass is 10.3. The zero-order valence-electron chi connectivity index (χ0n) is 24.4. The van der Waals surface area contributed by atoms with E-state index in [0.717, 1.165) is 21.2 Å². The van der Waals surface area contributed by atoms with Gasteiger partial charge in [-0.15, -0.1) is 22.7 Å². The van der Waals surface area contributed by atoms with Gasteiger partial charge >= 0.3 is 0 Å². The van der Waals surface area contributed by atoms with Gasteiger partial charge in [-0.1, -0.05) is 59.9 Å². The number of hydrogen-bond acceptors (Lipinski definition) is 12. The second-order valence-electron chi connectivity index (χ2n) is 10.4. The first-order valence-corrected chi connectivity index (χ1v) is 17.8. The lowest BCUT2D eigenvalue weighted by Crippen LogP contribution is -2.20. The Labute approximate surface area is 286 Å². The number of para-hydroxylation sites is 2. The summed E-state index contributed by atoms with van der Waals surface area (Å²) in [6, 6.07) is 26.8. The molecule has 0 aliphatic rings. The maximum Gasteiger partial charge on any atom is 0.276 e. The molecule has 0 aliphatic carbocycles. The molecule has 48 heavy (non-hydrogen) atoms. The molecule has 0 fully saturated rings. The van der Waals surface area contributed by atoms with E-state index in [0.29, 0.717) is 51.4 Å². The largest absolute Gasteiger partial charge is 0.276 e. The van der Waals surface area contributed by atoms with Crippen molar-refractivity contribution in [2.24, 2.45) is 0 Å². The molecule has 0 N–H and O–H groups in total. The minimum atomic E-state index is -0.170. The van der Waals surface area contributed by atoms with Crippen LogP contribution in [0.3, 0.4) is 0 Å². The second kappa shape index (κ2) is 11.8.